The van der Waals surface area contributed by atoms with Gasteiger partial charge in [0.2, 0.25) is 0 Å². The van der Waals surface area contributed by atoms with Crippen molar-refractivity contribution in [2.75, 3.05) is 6.54 Å². The van der Waals surface area contributed by atoms with E-state index in [1.807, 2.05) is 6.07 Å². The van der Waals surface area contributed by atoms with Crippen LogP contribution >= 0.6 is 35.6 Å². The first kappa shape index (κ1) is 14.0. The maximum atomic E-state index is 5.84. The van der Waals surface area contributed by atoms with E-state index in [-0.39, 0.29) is 18.4 Å². The molecular weight excluding hydrogens is 242 g/mol. The molecule has 0 fully saturated rings. The summed E-state index contributed by atoms with van der Waals surface area (Å²) in [5.41, 5.74) is 12.2. The highest BCUT2D eigenvalue weighted by Gasteiger charge is 2.06. The summed E-state index contributed by atoms with van der Waals surface area (Å²) in [4.78, 5) is 0. The summed E-state index contributed by atoms with van der Waals surface area (Å²) in [7, 11) is 0. The molecule has 0 spiro atoms. The van der Waals surface area contributed by atoms with Gasteiger partial charge in [0.25, 0.3) is 0 Å². The molecule has 0 amide bonds. The first-order valence-corrected chi connectivity index (χ1v) is 4.81. The van der Waals surface area contributed by atoms with Crippen LogP contribution in [-0.2, 0) is 0 Å². The fraction of sp³-hybridized carbons (Fsp3) is 0.333. The third-order valence-electron chi connectivity index (χ3n) is 1.85. The second kappa shape index (κ2) is 6.49. The van der Waals surface area contributed by atoms with Gasteiger partial charge >= 0.3 is 0 Å². The van der Waals surface area contributed by atoms with E-state index in [1.54, 1.807) is 12.1 Å². The molecule has 80 valence electrons. The predicted molar refractivity (Wildman–Crippen MR) is 64.3 cm³/mol. The van der Waals surface area contributed by atoms with E-state index < -0.39 is 0 Å². The molecule has 1 aromatic carbocycles. The lowest BCUT2D eigenvalue weighted by molar-refractivity contribution is 0.661. The standard InChI is InChI=1S/C9H12Cl2N2.ClH/c10-7-2-1-6(5-8(7)11)9(13)3-4-12;/h1-2,5,9H,3-4,12-13H2;1H/t9-;/m1./s1. The van der Waals surface area contributed by atoms with Crippen LogP contribution < -0.4 is 11.5 Å². The molecule has 14 heavy (non-hydrogen) atoms. The van der Waals surface area contributed by atoms with Crippen molar-refractivity contribution in [3.63, 3.8) is 0 Å². The minimum atomic E-state index is -0.0558. The molecule has 4 N–H and O–H groups in total. The Morgan fingerprint density at radius 3 is 2.36 bits per heavy atom. The molecule has 5 heteroatoms. The lowest BCUT2D eigenvalue weighted by Crippen LogP contribution is -2.15. The van der Waals surface area contributed by atoms with Crippen LogP contribution in [0.2, 0.25) is 10.0 Å². The SMILES string of the molecule is Cl.NCC[C@@H](N)c1ccc(Cl)c(Cl)c1. The monoisotopic (exact) mass is 254 g/mol. The van der Waals surface area contributed by atoms with Crippen molar-refractivity contribution in [2.24, 2.45) is 11.5 Å². The minimum absolute atomic E-state index is 0. The zero-order valence-corrected chi connectivity index (χ0v) is 9.87. The average Bonchev–Trinajstić information content (AvgIpc) is 2.10. The average molecular weight is 256 g/mol. The van der Waals surface area contributed by atoms with E-state index in [2.05, 4.69) is 0 Å². The summed E-state index contributed by atoms with van der Waals surface area (Å²) in [6, 6.07) is 5.34. The van der Waals surface area contributed by atoms with Gasteiger partial charge in [-0.2, -0.15) is 0 Å². The van der Waals surface area contributed by atoms with Gasteiger partial charge in [-0.15, -0.1) is 12.4 Å². The van der Waals surface area contributed by atoms with Crippen molar-refractivity contribution in [3.8, 4) is 0 Å². The molecule has 0 aromatic heterocycles. The Bertz CT molecular complexity index is 291. The van der Waals surface area contributed by atoms with Crippen LogP contribution in [0, 0.1) is 0 Å². The van der Waals surface area contributed by atoms with Gasteiger partial charge in [0.1, 0.15) is 0 Å². The normalized spacial score (nSPS) is 12.0. The fourth-order valence-corrected chi connectivity index (χ4v) is 1.40. The topological polar surface area (TPSA) is 52.0 Å². The minimum Gasteiger partial charge on any atom is -0.330 e. The Morgan fingerprint density at radius 1 is 1.21 bits per heavy atom. The predicted octanol–water partition coefficient (Wildman–Crippen LogP) is 2.76. The Morgan fingerprint density at radius 2 is 1.86 bits per heavy atom. The van der Waals surface area contributed by atoms with Gasteiger partial charge in [-0.25, -0.2) is 0 Å². The molecular formula is C9H13Cl3N2. The molecule has 1 rings (SSSR count). The van der Waals surface area contributed by atoms with Crippen LogP contribution in [0.4, 0.5) is 0 Å². The van der Waals surface area contributed by atoms with E-state index in [0.717, 1.165) is 12.0 Å². The Hall–Kier alpha value is 0.01000. The van der Waals surface area contributed by atoms with Gasteiger partial charge in [0.15, 0.2) is 0 Å². The number of hydrogen-bond donors (Lipinski definition) is 2. The number of hydrogen-bond acceptors (Lipinski definition) is 2. The number of benzene rings is 1. The Kier molecular flexibility index (Phi) is 6.49. The van der Waals surface area contributed by atoms with Crippen molar-refractivity contribution in [1.29, 1.82) is 0 Å². The first-order valence-electron chi connectivity index (χ1n) is 4.05. The number of halogens is 3. The molecule has 1 aromatic rings. The summed E-state index contributed by atoms with van der Waals surface area (Å²) in [6.07, 6.45) is 0.748. The van der Waals surface area contributed by atoms with Gasteiger partial charge in [0.05, 0.1) is 10.0 Å². The van der Waals surface area contributed by atoms with Crippen molar-refractivity contribution in [2.45, 2.75) is 12.5 Å². The van der Waals surface area contributed by atoms with E-state index in [4.69, 9.17) is 34.7 Å². The molecule has 0 saturated heterocycles. The molecule has 0 radical (unpaired) electrons. The van der Waals surface area contributed by atoms with Crippen molar-refractivity contribution < 1.29 is 0 Å². The molecule has 0 heterocycles. The number of rotatable bonds is 3. The third-order valence-corrected chi connectivity index (χ3v) is 2.59. The highest BCUT2D eigenvalue weighted by atomic mass is 35.5. The van der Waals surface area contributed by atoms with E-state index in [0.29, 0.717) is 16.6 Å². The lowest BCUT2D eigenvalue weighted by Gasteiger charge is -2.10. The zero-order chi connectivity index (χ0) is 9.84. The third kappa shape index (κ3) is 3.64. The van der Waals surface area contributed by atoms with Crippen molar-refractivity contribution >= 4 is 35.6 Å². The summed E-state index contributed by atoms with van der Waals surface area (Å²) >= 11 is 11.6. The van der Waals surface area contributed by atoms with Crippen LogP contribution in [0.3, 0.4) is 0 Å². The Labute approximate surface area is 100.0 Å². The van der Waals surface area contributed by atoms with Crippen LogP contribution in [0.1, 0.15) is 18.0 Å². The Balaban J connectivity index is 0.00000169. The quantitative estimate of drug-likeness (QED) is 0.873. The molecule has 0 saturated carbocycles. The van der Waals surface area contributed by atoms with Crippen molar-refractivity contribution in [3.05, 3.63) is 33.8 Å². The van der Waals surface area contributed by atoms with E-state index in [1.165, 1.54) is 0 Å². The summed E-state index contributed by atoms with van der Waals surface area (Å²) < 4.78 is 0. The van der Waals surface area contributed by atoms with Crippen molar-refractivity contribution in [1.82, 2.24) is 0 Å². The van der Waals surface area contributed by atoms with Crippen LogP contribution in [0.25, 0.3) is 0 Å². The molecule has 0 aliphatic heterocycles. The first-order chi connectivity index (χ1) is 6.15. The summed E-state index contributed by atoms with van der Waals surface area (Å²) in [5, 5.41) is 1.08. The fourth-order valence-electron chi connectivity index (χ4n) is 1.09. The van der Waals surface area contributed by atoms with Crippen LogP contribution in [0.5, 0.6) is 0 Å². The smallest absolute Gasteiger partial charge is 0.0595 e. The van der Waals surface area contributed by atoms with E-state index in [9.17, 15) is 0 Å². The molecule has 0 unspecified atom stereocenters. The van der Waals surface area contributed by atoms with Gasteiger partial charge in [-0.1, -0.05) is 29.3 Å². The van der Waals surface area contributed by atoms with Gasteiger partial charge < -0.3 is 11.5 Å². The second-order valence-electron chi connectivity index (χ2n) is 2.86. The zero-order valence-electron chi connectivity index (χ0n) is 7.54. The molecule has 1 atom stereocenters. The summed E-state index contributed by atoms with van der Waals surface area (Å²) in [5.74, 6) is 0. The van der Waals surface area contributed by atoms with Gasteiger partial charge in [-0.05, 0) is 30.7 Å². The second-order valence-corrected chi connectivity index (χ2v) is 3.67. The van der Waals surface area contributed by atoms with Crippen LogP contribution in [-0.4, -0.2) is 6.54 Å². The maximum absolute atomic E-state index is 5.84. The van der Waals surface area contributed by atoms with Gasteiger partial charge in [-0.3, -0.25) is 0 Å². The van der Waals surface area contributed by atoms with Gasteiger partial charge in [0, 0.05) is 6.04 Å². The summed E-state index contributed by atoms with van der Waals surface area (Å²) in [6.45, 7) is 0.571. The van der Waals surface area contributed by atoms with Crippen LogP contribution in [0.15, 0.2) is 18.2 Å². The highest BCUT2D eigenvalue weighted by Crippen LogP contribution is 2.25. The van der Waals surface area contributed by atoms with E-state index >= 15 is 0 Å². The molecule has 2 nitrogen and oxygen atoms in total. The number of nitrogens with two attached hydrogens (primary N) is 2. The lowest BCUT2D eigenvalue weighted by atomic mass is 10.1. The molecule has 0 aliphatic rings. The largest absolute Gasteiger partial charge is 0.330 e. The maximum Gasteiger partial charge on any atom is 0.0595 e. The highest BCUT2D eigenvalue weighted by molar-refractivity contribution is 6.42. The molecule has 0 bridgehead atoms. The molecule has 0 aliphatic carbocycles.